The zero-order chi connectivity index (χ0) is 18.4. The van der Waals surface area contributed by atoms with Crippen molar-refractivity contribution in [3.8, 4) is 11.5 Å². The number of methoxy groups -OCH3 is 2. The predicted octanol–water partition coefficient (Wildman–Crippen LogP) is 4.42. The molecule has 2 aromatic heterocycles. The van der Waals surface area contributed by atoms with E-state index in [1.54, 1.807) is 36.9 Å². The molecule has 0 saturated carbocycles. The molecule has 1 atom stereocenters. The van der Waals surface area contributed by atoms with Crippen LogP contribution >= 0.6 is 22.7 Å². The minimum absolute atomic E-state index is 0.147. The van der Waals surface area contributed by atoms with Crippen molar-refractivity contribution in [2.45, 2.75) is 12.6 Å². The molecule has 0 aliphatic heterocycles. The van der Waals surface area contributed by atoms with Crippen LogP contribution in [0.2, 0.25) is 0 Å². The van der Waals surface area contributed by atoms with Crippen molar-refractivity contribution in [2.75, 3.05) is 14.2 Å². The fourth-order valence-corrected chi connectivity index (χ4v) is 4.06. The third-order valence-electron chi connectivity index (χ3n) is 3.88. The van der Waals surface area contributed by atoms with E-state index in [9.17, 15) is 4.79 Å². The van der Waals surface area contributed by atoms with Gasteiger partial charge < -0.3 is 20.1 Å². The average Bonchev–Trinajstić information content (AvgIpc) is 3.38. The van der Waals surface area contributed by atoms with Crippen molar-refractivity contribution in [1.29, 1.82) is 0 Å². The highest BCUT2D eigenvalue weighted by atomic mass is 32.1. The maximum atomic E-state index is 12.4. The van der Waals surface area contributed by atoms with Crippen molar-refractivity contribution >= 4 is 28.7 Å². The highest BCUT2D eigenvalue weighted by Crippen LogP contribution is 2.28. The number of carbonyl (C=O) groups excluding carboxylic acids is 1. The molecule has 26 heavy (non-hydrogen) atoms. The molecule has 2 amide bonds. The lowest BCUT2D eigenvalue weighted by atomic mass is 10.1. The van der Waals surface area contributed by atoms with Crippen molar-refractivity contribution in [3.63, 3.8) is 0 Å². The largest absolute Gasteiger partial charge is 0.493 e. The maximum absolute atomic E-state index is 12.4. The Morgan fingerprint density at radius 1 is 1.12 bits per heavy atom. The Kier molecular flexibility index (Phi) is 6.14. The van der Waals surface area contributed by atoms with Gasteiger partial charge in [0.2, 0.25) is 0 Å². The first kappa shape index (κ1) is 18.3. The number of benzene rings is 1. The monoisotopic (exact) mass is 388 g/mol. The van der Waals surface area contributed by atoms with Crippen LogP contribution in [-0.4, -0.2) is 20.3 Å². The highest BCUT2D eigenvalue weighted by Gasteiger charge is 2.18. The fourth-order valence-electron chi connectivity index (χ4n) is 2.57. The van der Waals surface area contributed by atoms with Crippen LogP contribution in [0.3, 0.4) is 0 Å². The molecule has 0 bridgehead atoms. The van der Waals surface area contributed by atoms with Gasteiger partial charge in [-0.25, -0.2) is 4.79 Å². The van der Waals surface area contributed by atoms with Crippen molar-refractivity contribution in [3.05, 3.63) is 68.5 Å². The lowest BCUT2D eigenvalue weighted by molar-refractivity contribution is 0.238. The summed E-state index contributed by atoms with van der Waals surface area (Å²) in [7, 11) is 3.19. The predicted molar refractivity (Wildman–Crippen MR) is 105 cm³/mol. The topological polar surface area (TPSA) is 59.6 Å². The Hall–Kier alpha value is -2.51. The molecule has 2 N–H and O–H groups in total. The highest BCUT2D eigenvalue weighted by molar-refractivity contribution is 7.10. The van der Waals surface area contributed by atoms with Crippen LogP contribution in [0.1, 0.15) is 22.0 Å². The van der Waals surface area contributed by atoms with Crippen LogP contribution in [0.5, 0.6) is 11.5 Å². The Balaban J connectivity index is 1.64. The Morgan fingerprint density at radius 2 is 1.96 bits per heavy atom. The molecule has 7 heteroatoms. The van der Waals surface area contributed by atoms with Crippen molar-refractivity contribution in [2.24, 2.45) is 0 Å². The Labute approximate surface area is 160 Å². The molecule has 3 rings (SSSR count). The third-order valence-corrected chi connectivity index (χ3v) is 5.52. The summed E-state index contributed by atoms with van der Waals surface area (Å²) < 4.78 is 10.5. The molecule has 136 valence electrons. The summed E-state index contributed by atoms with van der Waals surface area (Å²) in [6, 6.07) is 11.3. The number of hydrogen-bond donors (Lipinski definition) is 2. The average molecular weight is 389 g/mol. The van der Waals surface area contributed by atoms with E-state index in [1.807, 2.05) is 47.2 Å². The SMILES string of the molecule is COc1ccc(CNC(=O)N[C@@H](c2ccsc2)c2cccs2)cc1OC. The molecule has 0 fully saturated rings. The van der Waals surface area contributed by atoms with Crippen molar-refractivity contribution < 1.29 is 14.3 Å². The van der Waals surface area contributed by atoms with Gasteiger partial charge in [0.15, 0.2) is 11.5 Å². The van der Waals surface area contributed by atoms with Crippen LogP contribution in [0.25, 0.3) is 0 Å². The summed E-state index contributed by atoms with van der Waals surface area (Å²) in [5.41, 5.74) is 2.01. The number of hydrogen-bond acceptors (Lipinski definition) is 5. The molecule has 0 aliphatic rings. The molecular weight excluding hydrogens is 368 g/mol. The fraction of sp³-hybridized carbons (Fsp3) is 0.211. The molecular formula is C19H20N2O3S2. The van der Waals surface area contributed by atoms with Gasteiger partial charge in [-0.2, -0.15) is 11.3 Å². The van der Waals surface area contributed by atoms with Crippen molar-refractivity contribution in [1.82, 2.24) is 10.6 Å². The van der Waals surface area contributed by atoms with Gasteiger partial charge >= 0.3 is 6.03 Å². The minimum Gasteiger partial charge on any atom is -0.493 e. The van der Waals surface area contributed by atoms with E-state index >= 15 is 0 Å². The van der Waals surface area contributed by atoms with E-state index in [2.05, 4.69) is 16.0 Å². The molecule has 0 spiro atoms. The standard InChI is InChI=1S/C19H20N2O3S2/c1-23-15-6-5-13(10-16(15)24-2)11-20-19(22)21-18(14-7-9-25-12-14)17-4-3-8-26-17/h3-10,12,18H,11H2,1-2H3,(H2,20,21,22)/t18-/m0/s1. The molecule has 0 saturated heterocycles. The summed E-state index contributed by atoms with van der Waals surface area (Å²) in [6.45, 7) is 0.396. The van der Waals surface area contributed by atoms with Gasteiger partial charge in [-0.05, 0) is 51.5 Å². The van der Waals surface area contributed by atoms with Crippen LogP contribution in [0, 0.1) is 0 Å². The number of amides is 2. The number of ether oxygens (including phenoxy) is 2. The summed E-state index contributed by atoms with van der Waals surface area (Å²) in [5, 5.41) is 12.0. The van der Waals surface area contributed by atoms with Gasteiger partial charge in [0, 0.05) is 11.4 Å². The van der Waals surface area contributed by atoms with Crippen LogP contribution in [0.4, 0.5) is 4.79 Å². The first-order chi connectivity index (χ1) is 12.7. The first-order valence-electron chi connectivity index (χ1n) is 8.02. The Bertz CT molecular complexity index is 798. The van der Waals surface area contributed by atoms with Crippen LogP contribution < -0.4 is 20.1 Å². The Morgan fingerprint density at radius 3 is 2.62 bits per heavy atom. The second-order valence-electron chi connectivity index (χ2n) is 5.52. The van der Waals surface area contributed by atoms with Gasteiger partial charge in [0.1, 0.15) is 0 Å². The van der Waals surface area contributed by atoms with Crippen LogP contribution in [0.15, 0.2) is 52.5 Å². The normalized spacial score (nSPS) is 11.6. The number of carbonyl (C=O) groups is 1. The quantitative estimate of drug-likeness (QED) is 0.630. The van der Waals surface area contributed by atoms with E-state index in [-0.39, 0.29) is 12.1 Å². The van der Waals surface area contributed by atoms with E-state index in [0.29, 0.717) is 18.0 Å². The summed E-state index contributed by atoms with van der Waals surface area (Å²) in [5.74, 6) is 1.30. The second-order valence-corrected chi connectivity index (χ2v) is 7.28. The molecule has 1 aromatic carbocycles. The zero-order valence-electron chi connectivity index (χ0n) is 14.5. The van der Waals surface area contributed by atoms with Gasteiger partial charge in [-0.3, -0.25) is 0 Å². The third kappa shape index (κ3) is 4.36. The lowest BCUT2D eigenvalue weighted by Crippen LogP contribution is -2.37. The first-order valence-corrected chi connectivity index (χ1v) is 9.84. The van der Waals surface area contributed by atoms with Gasteiger partial charge in [0.25, 0.3) is 0 Å². The number of thiophene rings is 2. The molecule has 0 aliphatic carbocycles. The van der Waals surface area contributed by atoms with Gasteiger partial charge in [-0.1, -0.05) is 12.1 Å². The lowest BCUT2D eigenvalue weighted by Gasteiger charge is -2.17. The number of urea groups is 1. The molecule has 5 nitrogen and oxygen atoms in total. The number of rotatable bonds is 7. The minimum atomic E-state index is -0.218. The molecule has 2 heterocycles. The zero-order valence-corrected chi connectivity index (χ0v) is 16.2. The summed E-state index contributed by atoms with van der Waals surface area (Å²) >= 11 is 3.24. The summed E-state index contributed by atoms with van der Waals surface area (Å²) in [6.07, 6.45) is 0. The second kappa shape index (κ2) is 8.73. The maximum Gasteiger partial charge on any atom is 0.315 e. The van der Waals surface area contributed by atoms with Gasteiger partial charge in [-0.15, -0.1) is 11.3 Å². The van der Waals surface area contributed by atoms with Gasteiger partial charge in [0.05, 0.1) is 20.3 Å². The molecule has 0 radical (unpaired) electrons. The number of nitrogens with one attached hydrogen (secondary N) is 2. The smallest absolute Gasteiger partial charge is 0.315 e. The molecule has 3 aromatic rings. The van der Waals surface area contributed by atoms with E-state index in [4.69, 9.17) is 9.47 Å². The van der Waals surface area contributed by atoms with Crippen LogP contribution in [-0.2, 0) is 6.54 Å². The van der Waals surface area contributed by atoms with E-state index in [0.717, 1.165) is 16.0 Å². The molecule has 0 unspecified atom stereocenters. The van der Waals surface area contributed by atoms with E-state index in [1.165, 1.54) is 0 Å². The summed E-state index contributed by atoms with van der Waals surface area (Å²) in [4.78, 5) is 13.5. The van der Waals surface area contributed by atoms with E-state index < -0.39 is 0 Å².